The molecule has 0 radical (unpaired) electrons. The van der Waals surface area contributed by atoms with Gasteiger partial charge in [0.1, 0.15) is 0 Å². The summed E-state index contributed by atoms with van der Waals surface area (Å²) in [6.45, 7) is 0. The van der Waals surface area contributed by atoms with Gasteiger partial charge in [0.2, 0.25) is 0 Å². The Morgan fingerprint density at radius 2 is 1.64 bits per heavy atom. The summed E-state index contributed by atoms with van der Waals surface area (Å²) < 4.78 is 5.86. The van der Waals surface area contributed by atoms with Crippen molar-refractivity contribution in [3.05, 3.63) is 0 Å². The zero-order valence-corrected chi connectivity index (χ0v) is 9.30. The molecule has 14 heavy (non-hydrogen) atoms. The minimum atomic E-state index is 0.201. The van der Waals surface area contributed by atoms with Gasteiger partial charge in [0.05, 0.1) is 5.60 Å². The Hall–Kier alpha value is -0.0800. The van der Waals surface area contributed by atoms with Crippen molar-refractivity contribution in [2.45, 2.75) is 63.0 Å². The molecule has 2 heteroatoms. The Morgan fingerprint density at radius 3 is 2.14 bits per heavy atom. The Labute approximate surface area is 87.2 Å². The molecule has 0 amide bonds. The van der Waals surface area contributed by atoms with Gasteiger partial charge >= 0.3 is 0 Å². The SMILES string of the molecule is COC1(C2CCCC2)CCC(N)CC1. The van der Waals surface area contributed by atoms with Gasteiger partial charge in [-0.2, -0.15) is 0 Å². The molecule has 2 aliphatic rings. The van der Waals surface area contributed by atoms with Gasteiger partial charge < -0.3 is 10.5 Å². The van der Waals surface area contributed by atoms with Gasteiger partial charge in [-0.1, -0.05) is 12.8 Å². The molecule has 0 saturated heterocycles. The molecule has 2 nitrogen and oxygen atoms in total. The highest BCUT2D eigenvalue weighted by molar-refractivity contribution is 4.95. The lowest BCUT2D eigenvalue weighted by Gasteiger charge is -2.42. The normalized spacial score (nSPS) is 40.3. The van der Waals surface area contributed by atoms with Gasteiger partial charge in [-0.05, 0) is 44.4 Å². The summed E-state index contributed by atoms with van der Waals surface area (Å²) in [5.74, 6) is 0.819. The number of ether oxygens (including phenoxy) is 1. The Bertz CT molecular complexity index is 179. The third kappa shape index (κ3) is 1.82. The first kappa shape index (κ1) is 10.4. The lowest BCUT2D eigenvalue weighted by Crippen LogP contribution is -2.45. The van der Waals surface area contributed by atoms with E-state index < -0.39 is 0 Å². The van der Waals surface area contributed by atoms with Crippen LogP contribution in [0.3, 0.4) is 0 Å². The van der Waals surface area contributed by atoms with Gasteiger partial charge in [-0.25, -0.2) is 0 Å². The highest BCUT2D eigenvalue weighted by Gasteiger charge is 2.42. The average Bonchev–Trinajstić information content (AvgIpc) is 2.73. The minimum Gasteiger partial charge on any atom is -0.378 e. The van der Waals surface area contributed by atoms with Gasteiger partial charge in [-0.15, -0.1) is 0 Å². The summed E-state index contributed by atoms with van der Waals surface area (Å²) in [5, 5.41) is 0. The Balaban J connectivity index is 2.01. The molecule has 0 heterocycles. The van der Waals surface area contributed by atoms with E-state index >= 15 is 0 Å². The van der Waals surface area contributed by atoms with E-state index in [9.17, 15) is 0 Å². The van der Waals surface area contributed by atoms with Crippen LogP contribution in [0.25, 0.3) is 0 Å². The van der Waals surface area contributed by atoms with E-state index in [-0.39, 0.29) is 5.60 Å². The first-order valence-corrected chi connectivity index (χ1v) is 6.07. The number of hydrogen-bond donors (Lipinski definition) is 1. The molecule has 2 saturated carbocycles. The number of hydrogen-bond acceptors (Lipinski definition) is 2. The average molecular weight is 197 g/mol. The van der Waals surface area contributed by atoms with Crippen LogP contribution in [-0.4, -0.2) is 18.8 Å². The Kier molecular flexibility index (Phi) is 3.13. The molecular formula is C12H23NO. The van der Waals surface area contributed by atoms with E-state index in [0.717, 1.165) is 18.8 Å². The fourth-order valence-electron chi connectivity index (χ4n) is 3.36. The highest BCUT2D eigenvalue weighted by Crippen LogP contribution is 2.44. The van der Waals surface area contributed by atoms with E-state index in [2.05, 4.69) is 0 Å². The highest BCUT2D eigenvalue weighted by atomic mass is 16.5. The van der Waals surface area contributed by atoms with Crippen molar-refractivity contribution in [2.75, 3.05) is 7.11 Å². The molecule has 0 aromatic carbocycles. The van der Waals surface area contributed by atoms with E-state index in [1.54, 1.807) is 0 Å². The quantitative estimate of drug-likeness (QED) is 0.738. The zero-order chi connectivity index (χ0) is 10.0. The van der Waals surface area contributed by atoms with E-state index in [0.29, 0.717) is 6.04 Å². The molecule has 0 atom stereocenters. The molecule has 82 valence electrons. The predicted octanol–water partition coefficient (Wildman–Crippen LogP) is 2.46. The zero-order valence-electron chi connectivity index (χ0n) is 9.30. The van der Waals surface area contributed by atoms with Crippen molar-refractivity contribution in [1.82, 2.24) is 0 Å². The van der Waals surface area contributed by atoms with Crippen LogP contribution < -0.4 is 5.73 Å². The molecule has 0 aliphatic heterocycles. The van der Waals surface area contributed by atoms with Crippen LogP contribution in [0.1, 0.15) is 51.4 Å². The topological polar surface area (TPSA) is 35.2 Å². The van der Waals surface area contributed by atoms with Gasteiger partial charge in [-0.3, -0.25) is 0 Å². The van der Waals surface area contributed by atoms with Crippen molar-refractivity contribution in [3.63, 3.8) is 0 Å². The molecule has 0 unspecified atom stereocenters. The molecular weight excluding hydrogens is 174 g/mol. The summed E-state index contributed by atoms with van der Waals surface area (Å²) >= 11 is 0. The molecule has 0 spiro atoms. The minimum absolute atomic E-state index is 0.201. The second-order valence-corrected chi connectivity index (χ2v) is 5.09. The van der Waals surface area contributed by atoms with Crippen molar-refractivity contribution in [1.29, 1.82) is 0 Å². The first-order chi connectivity index (χ1) is 6.77. The maximum absolute atomic E-state index is 5.95. The van der Waals surface area contributed by atoms with E-state index in [4.69, 9.17) is 10.5 Å². The lowest BCUT2D eigenvalue weighted by molar-refractivity contribution is -0.0848. The lowest BCUT2D eigenvalue weighted by atomic mass is 9.73. The van der Waals surface area contributed by atoms with Crippen LogP contribution in [-0.2, 0) is 4.74 Å². The first-order valence-electron chi connectivity index (χ1n) is 6.07. The summed E-state index contributed by atoms with van der Waals surface area (Å²) in [6, 6.07) is 0.430. The predicted molar refractivity (Wildman–Crippen MR) is 58.1 cm³/mol. The van der Waals surface area contributed by atoms with Crippen LogP contribution in [0.15, 0.2) is 0 Å². The van der Waals surface area contributed by atoms with Crippen molar-refractivity contribution in [3.8, 4) is 0 Å². The second-order valence-electron chi connectivity index (χ2n) is 5.09. The van der Waals surface area contributed by atoms with Crippen molar-refractivity contribution >= 4 is 0 Å². The fourth-order valence-corrected chi connectivity index (χ4v) is 3.36. The summed E-state index contributed by atoms with van der Waals surface area (Å²) in [7, 11) is 1.90. The van der Waals surface area contributed by atoms with E-state index in [1.807, 2.05) is 7.11 Å². The maximum atomic E-state index is 5.95. The van der Waals surface area contributed by atoms with E-state index in [1.165, 1.54) is 38.5 Å². The number of rotatable bonds is 2. The second kappa shape index (κ2) is 4.19. The monoisotopic (exact) mass is 197 g/mol. The fraction of sp³-hybridized carbons (Fsp3) is 1.00. The van der Waals surface area contributed by atoms with Gasteiger partial charge in [0.15, 0.2) is 0 Å². The van der Waals surface area contributed by atoms with Gasteiger partial charge in [0.25, 0.3) is 0 Å². The van der Waals surface area contributed by atoms with Gasteiger partial charge in [0, 0.05) is 13.2 Å². The third-order valence-electron chi connectivity index (χ3n) is 4.38. The molecule has 2 aliphatic carbocycles. The van der Waals surface area contributed by atoms with Crippen LogP contribution in [0, 0.1) is 5.92 Å². The number of nitrogens with two attached hydrogens (primary N) is 1. The molecule has 2 N–H and O–H groups in total. The Morgan fingerprint density at radius 1 is 1.07 bits per heavy atom. The summed E-state index contributed by atoms with van der Waals surface area (Å²) in [4.78, 5) is 0. The van der Waals surface area contributed by atoms with Crippen LogP contribution in [0.2, 0.25) is 0 Å². The van der Waals surface area contributed by atoms with Crippen LogP contribution >= 0.6 is 0 Å². The molecule has 0 bridgehead atoms. The smallest absolute Gasteiger partial charge is 0.0707 e. The third-order valence-corrected chi connectivity index (χ3v) is 4.38. The summed E-state index contributed by atoms with van der Waals surface area (Å²) in [5.41, 5.74) is 6.15. The van der Waals surface area contributed by atoms with Crippen LogP contribution in [0.5, 0.6) is 0 Å². The molecule has 0 aromatic rings. The van der Waals surface area contributed by atoms with Crippen molar-refractivity contribution in [2.24, 2.45) is 11.7 Å². The molecule has 2 rings (SSSR count). The standard InChI is InChI=1S/C12H23NO/c1-14-12(10-4-2-3-5-10)8-6-11(13)7-9-12/h10-11H,2-9,13H2,1H3. The van der Waals surface area contributed by atoms with Crippen LogP contribution in [0.4, 0.5) is 0 Å². The van der Waals surface area contributed by atoms with Crippen molar-refractivity contribution < 1.29 is 4.74 Å². The maximum Gasteiger partial charge on any atom is 0.0707 e. The summed E-state index contributed by atoms with van der Waals surface area (Å²) in [6.07, 6.45) is 10.3. The largest absolute Gasteiger partial charge is 0.378 e. The molecule has 0 aromatic heterocycles. The molecule has 2 fully saturated rings. The number of methoxy groups -OCH3 is 1.